The second kappa shape index (κ2) is 37.9. The number of aliphatic hydroxyl groups excluding tert-OH is 1. The van der Waals surface area contributed by atoms with E-state index in [1.54, 1.807) is 12.2 Å². The zero-order valence-corrected chi connectivity index (χ0v) is 35.3. The third-order valence-corrected chi connectivity index (χ3v) is 9.59. The van der Waals surface area contributed by atoms with Crippen molar-refractivity contribution in [2.24, 2.45) is 5.92 Å². The third kappa shape index (κ3) is 41.1. The number of aliphatic hydroxyl groups is 1. The molecule has 0 aliphatic heterocycles. The van der Waals surface area contributed by atoms with E-state index in [9.17, 15) is 19.3 Å². The number of hydrogen-bond acceptors (Lipinski definition) is 7. The monoisotopic (exact) mass is 783 g/mol. The fraction of sp³-hybridized carbons (Fsp3) is 0.773. The maximum Gasteiger partial charge on any atom is 0.469 e. The van der Waals surface area contributed by atoms with Crippen LogP contribution in [0.1, 0.15) is 188 Å². The van der Waals surface area contributed by atoms with Crippen LogP contribution in [0.5, 0.6) is 0 Å². The van der Waals surface area contributed by atoms with Gasteiger partial charge in [0.1, 0.15) is 6.61 Å². The molecule has 0 spiro atoms. The number of phosphoric acid groups is 1. The fourth-order valence-corrected chi connectivity index (χ4v) is 6.23. The van der Waals surface area contributed by atoms with Gasteiger partial charge in [-0.3, -0.25) is 14.1 Å². The first-order valence-corrected chi connectivity index (χ1v) is 22.9. The Hall–Kier alpha value is -2.03. The van der Waals surface area contributed by atoms with Crippen LogP contribution >= 0.6 is 7.82 Å². The Morgan fingerprint density at radius 3 is 1.78 bits per heavy atom. The first kappa shape index (κ1) is 52.0. The van der Waals surface area contributed by atoms with Gasteiger partial charge in [0, 0.05) is 12.8 Å². The smallest absolute Gasteiger partial charge is 0.462 e. The summed E-state index contributed by atoms with van der Waals surface area (Å²) in [4.78, 5) is 42.8. The van der Waals surface area contributed by atoms with E-state index in [0.29, 0.717) is 25.7 Å². The molecule has 0 aromatic rings. The van der Waals surface area contributed by atoms with Crippen molar-refractivity contribution in [3.05, 3.63) is 48.6 Å². The van der Waals surface area contributed by atoms with Crippen LogP contribution in [-0.2, 0) is 28.2 Å². The Labute approximate surface area is 329 Å². The molecular weight excluding hydrogens is 703 g/mol. The summed E-state index contributed by atoms with van der Waals surface area (Å²) in [6.07, 6.45) is 41.5. The number of carbonyl (C=O) groups is 2. The number of unbranched alkanes of at least 4 members (excludes halogenated alkanes) is 18. The van der Waals surface area contributed by atoms with Crippen molar-refractivity contribution in [1.82, 2.24) is 0 Å². The number of phosphoric ester groups is 1. The van der Waals surface area contributed by atoms with Gasteiger partial charge in [0.15, 0.2) is 6.10 Å². The van der Waals surface area contributed by atoms with Gasteiger partial charge in [0.2, 0.25) is 0 Å². The minimum Gasteiger partial charge on any atom is -0.462 e. The van der Waals surface area contributed by atoms with Crippen molar-refractivity contribution in [3.8, 4) is 0 Å². The lowest BCUT2D eigenvalue weighted by Crippen LogP contribution is -2.29. The summed E-state index contributed by atoms with van der Waals surface area (Å²) in [5, 5.41) is 10.1. The molecule has 0 aliphatic carbocycles. The normalized spacial score (nSPS) is 13.6. The highest BCUT2D eigenvalue weighted by Crippen LogP contribution is 2.36. The van der Waals surface area contributed by atoms with Gasteiger partial charge in [0.05, 0.1) is 12.7 Å². The summed E-state index contributed by atoms with van der Waals surface area (Å²) in [5.41, 5.74) is 0. The van der Waals surface area contributed by atoms with E-state index in [2.05, 4.69) is 43.5 Å². The van der Waals surface area contributed by atoms with Gasteiger partial charge in [-0.15, -0.1) is 0 Å². The van der Waals surface area contributed by atoms with Gasteiger partial charge in [-0.25, -0.2) is 4.57 Å². The molecule has 0 radical (unpaired) electrons. The highest BCUT2D eigenvalue weighted by Gasteiger charge is 2.22. The molecule has 9 nitrogen and oxygen atoms in total. The highest BCUT2D eigenvalue weighted by molar-refractivity contribution is 7.46. The fourth-order valence-electron chi connectivity index (χ4n) is 5.87. The van der Waals surface area contributed by atoms with Gasteiger partial charge in [0.25, 0.3) is 0 Å². The van der Waals surface area contributed by atoms with E-state index in [1.807, 2.05) is 18.2 Å². The lowest BCUT2D eigenvalue weighted by atomic mass is 10.0. The van der Waals surface area contributed by atoms with Crippen LogP contribution in [0.25, 0.3) is 0 Å². The molecule has 3 N–H and O–H groups in total. The Bertz CT molecular complexity index is 1050. The van der Waals surface area contributed by atoms with E-state index in [1.165, 1.54) is 96.3 Å². The van der Waals surface area contributed by atoms with Gasteiger partial charge < -0.3 is 24.4 Å². The number of carbonyl (C=O) groups excluding carboxylic acids is 2. The van der Waals surface area contributed by atoms with Crippen molar-refractivity contribution < 1.29 is 43.0 Å². The van der Waals surface area contributed by atoms with Crippen LogP contribution in [0.15, 0.2) is 48.6 Å². The van der Waals surface area contributed by atoms with Crippen LogP contribution in [0.3, 0.4) is 0 Å². The maximum absolute atomic E-state index is 12.4. The second-order valence-electron chi connectivity index (χ2n) is 15.0. The van der Waals surface area contributed by atoms with Gasteiger partial charge >= 0.3 is 19.8 Å². The van der Waals surface area contributed by atoms with E-state index >= 15 is 0 Å². The average Bonchev–Trinajstić information content (AvgIpc) is 3.12. The summed E-state index contributed by atoms with van der Waals surface area (Å²) >= 11 is 0. The Kier molecular flexibility index (Phi) is 36.4. The lowest BCUT2D eigenvalue weighted by Gasteiger charge is -2.18. The Morgan fingerprint density at radius 1 is 0.630 bits per heavy atom. The minimum atomic E-state index is -4.79. The van der Waals surface area contributed by atoms with Crippen LogP contribution < -0.4 is 0 Å². The predicted molar refractivity (Wildman–Crippen MR) is 222 cm³/mol. The molecular formula is C44H79O9P. The van der Waals surface area contributed by atoms with Crippen LogP contribution in [0.4, 0.5) is 0 Å². The molecule has 0 heterocycles. The van der Waals surface area contributed by atoms with Crippen LogP contribution in [0, 0.1) is 5.92 Å². The highest BCUT2D eigenvalue weighted by atomic mass is 31.2. The molecule has 54 heavy (non-hydrogen) atoms. The minimum absolute atomic E-state index is 0.132. The predicted octanol–water partition coefficient (Wildman–Crippen LogP) is 12.0. The summed E-state index contributed by atoms with van der Waals surface area (Å²) < 4.78 is 26.3. The van der Waals surface area contributed by atoms with Crippen molar-refractivity contribution in [3.63, 3.8) is 0 Å². The summed E-state index contributed by atoms with van der Waals surface area (Å²) in [6, 6.07) is 0. The van der Waals surface area contributed by atoms with Crippen molar-refractivity contribution >= 4 is 19.8 Å². The molecule has 0 rings (SSSR count). The topological polar surface area (TPSA) is 140 Å². The molecule has 0 amide bonds. The quantitative estimate of drug-likeness (QED) is 0.0183. The first-order valence-electron chi connectivity index (χ1n) is 21.4. The van der Waals surface area contributed by atoms with Crippen molar-refractivity contribution in [2.45, 2.75) is 200 Å². The summed E-state index contributed by atoms with van der Waals surface area (Å²) in [6.45, 7) is 5.88. The zero-order valence-electron chi connectivity index (χ0n) is 34.4. The van der Waals surface area contributed by atoms with Crippen molar-refractivity contribution in [1.29, 1.82) is 0 Å². The molecule has 10 heteroatoms. The lowest BCUT2D eigenvalue weighted by molar-refractivity contribution is -0.161. The van der Waals surface area contributed by atoms with Crippen LogP contribution in [-0.4, -0.2) is 52.3 Å². The van der Waals surface area contributed by atoms with Gasteiger partial charge in [-0.05, 0) is 50.9 Å². The maximum atomic E-state index is 12.4. The van der Waals surface area contributed by atoms with E-state index < -0.39 is 38.6 Å². The van der Waals surface area contributed by atoms with Gasteiger partial charge in [-0.2, -0.15) is 0 Å². The molecule has 1 unspecified atom stereocenters. The van der Waals surface area contributed by atoms with E-state index in [0.717, 1.165) is 38.0 Å². The molecule has 0 saturated carbocycles. The molecule has 0 fully saturated rings. The standard InChI is InChI=1S/C44H79O9P/c1-4-5-6-7-8-16-20-24-29-34-41(45)35-30-25-22-27-31-36-43(46)51-38-42(39-52-54(48,49)50)53-44(47)37-32-26-21-18-15-13-11-9-10-12-14-17-19-23-28-33-40(2)3/h8,16,22,24-25,29-30,35,40-42,45H,4-7,9-15,17-21,23,26-28,31-34,36-39H2,1-3H3,(H2,48,49,50)/b16-8-,25-22+,29-24-,35-30-/t41?,42-/m1/s1. The largest absolute Gasteiger partial charge is 0.469 e. The van der Waals surface area contributed by atoms with Crippen LogP contribution in [0.2, 0.25) is 0 Å². The SMILES string of the molecule is CCCCC/C=C\C/C=C\CC(O)/C=C\C=C\CCCC(=O)OC[C@H](COP(=O)(O)O)OC(=O)CCCCCCCCCCCCCCCCCC(C)C. The number of rotatable bonds is 38. The number of ether oxygens (including phenoxy) is 2. The summed E-state index contributed by atoms with van der Waals surface area (Å²) in [5.74, 6) is -0.183. The molecule has 0 aromatic carbocycles. The molecule has 0 aromatic heterocycles. The molecule has 0 bridgehead atoms. The third-order valence-electron chi connectivity index (χ3n) is 9.11. The number of allylic oxidation sites excluding steroid dienone is 6. The summed E-state index contributed by atoms with van der Waals surface area (Å²) in [7, 11) is -4.79. The second-order valence-corrected chi connectivity index (χ2v) is 16.2. The van der Waals surface area contributed by atoms with E-state index in [4.69, 9.17) is 19.3 Å². The Morgan fingerprint density at radius 2 is 1.19 bits per heavy atom. The average molecular weight is 783 g/mol. The number of esters is 2. The Balaban J connectivity index is 4.07. The zero-order chi connectivity index (χ0) is 40.0. The molecule has 2 atom stereocenters. The molecule has 314 valence electrons. The van der Waals surface area contributed by atoms with E-state index in [-0.39, 0.29) is 19.4 Å². The first-order chi connectivity index (χ1) is 26.0. The molecule has 0 saturated heterocycles. The van der Waals surface area contributed by atoms with Crippen molar-refractivity contribution in [2.75, 3.05) is 13.2 Å². The number of hydrogen-bond donors (Lipinski definition) is 3. The molecule has 0 aliphatic rings. The van der Waals surface area contributed by atoms with Gasteiger partial charge in [-0.1, -0.05) is 179 Å².